The molecule has 1 aliphatic heterocycles. The summed E-state index contributed by atoms with van der Waals surface area (Å²) in [5, 5.41) is 11.3. The van der Waals surface area contributed by atoms with Gasteiger partial charge in [0.15, 0.2) is 22.2 Å². The highest BCUT2D eigenvalue weighted by Gasteiger charge is 2.30. The van der Waals surface area contributed by atoms with Gasteiger partial charge in [-0.3, -0.25) is 9.52 Å². The van der Waals surface area contributed by atoms with Crippen LogP contribution in [0.1, 0.15) is 12.5 Å². The third-order valence-electron chi connectivity index (χ3n) is 3.94. The van der Waals surface area contributed by atoms with Crippen molar-refractivity contribution in [3.05, 3.63) is 42.0 Å². The van der Waals surface area contributed by atoms with Gasteiger partial charge in [0.25, 0.3) is 15.9 Å². The summed E-state index contributed by atoms with van der Waals surface area (Å²) in [5.74, 6) is -0.916. The second-order valence-corrected chi connectivity index (χ2v) is 9.76. The van der Waals surface area contributed by atoms with Gasteiger partial charge in [-0.15, -0.1) is 0 Å². The highest BCUT2D eigenvalue weighted by molar-refractivity contribution is 7.93. The largest absolute Gasteiger partial charge is 0.480 e. The van der Waals surface area contributed by atoms with Gasteiger partial charge in [-0.1, -0.05) is 6.92 Å². The van der Waals surface area contributed by atoms with Crippen LogP contribution in [0.5, 0.6) is 5.75 Å². The van der Waals surface area contributed by atoms with E-state index in [1.54, 1.807) is 0 Å². The molecule has 28 heavy (non-hydrogen) atoms. The Labute approximate surface area is 161 Å². The van der Waals surface area contributed by atoms with E-state index in [2.05, 4.69) is 10.0 Å². The number of ether oxygens (including phenoxy) is 1. The number of carbonyl (C=O) groups excluding carboxylic acids is 1. The first-order valence-corrected chi connectivity index (χ1v) is 11.2. The Morgan fingerprint density at radius 3 is 2.46 bits per heavy atom. The zero-order chi connectivity index (χ0) is 20.5. The van der Waals surface area contributed by atoms with Gasteiger partial charge >= 0.3 is 0 Å². The molecule has 0 aliphatic carbocycles. The van der Waals surface area contributed by atoms with Crippen LogP contribution in [0.25, 0.3) is 0 Å². The summed E-state index contributed by atoms with van der Waals surface area (Å²) in [6.45, 7) is 1.03. The Morgan fingerprint density at radius 2 is 1.86 bits per heavy atom. The Hall–Kier alpha value is -3.10. The summed E-state index contributed by atoms with van der Waals surface area (Å²) in [5.41, 5.74) is 0.490. The summed E-state index contributed by atoms with van der Waals surface area (Å²) < 4.78 is 58.0. The highest BCUT2D eigenvalue weighted by Crippen LogP contribution is 2.38. The third-order valence-corrected chi connectivity index (χ3v) is 7.05. The molecule has 0 saturated heterocycles. The molecule has 2 aromatic carbocycles. The molecule has 146 valence electrons. The minimum Gasteiger partial charge on any atom is -0.480 e. The summed E-state index contributed by atoms with van der Waals surface area (Å²) in [4.78, 5) is 10.9. The molecule has 1 amide bonds. The molecule has 0 radical (unpaired) electrons. The van der Waals surface area contributed by atoms with Gasteiger partial charge in [0, 0.05) is 5.69 Å². The molecule has 0 aromatic heterocycles. The number of fused-ring (bicyclic) bond motifs is 1. The van der Waals surface area contributed by atoms with E-state index in [9.17, 15) is 21.6 Å². The van der Waals surface area contributed by atoms with Crippen LogP contribution in [0.2, 0.25) is 0 Å². The van der Waals surface area contributed by atoms with Gasteiger partial charge in [-0.2, -0.15) is 5.26 Å². The van der Waals surface area contributed by atoms with Gasteiger partial charge in [0.2, 0.25) is 0 Å². The van der Waals surface area contributed by atoms with Gasteiger partial charge in [-0.25, -0.2) is 16.8 Å². The van der Waals surface area contributed by atoms with Crippen LogP contribution in [0.15, 0.2) is 46.2 Å². The number of carbonyl (C=O) groups is 1. The van der Waals surface area contributed by atoms with Gasteiger partial charge in [0.1, 0.15) is 4.90 Å². The van der Waals surface area contributed by atoms with Crippen molar-refractivity contribution < 1.29 is 26.4 Å². The number of anilines is 2. The minimum atomic E-state index is -4.26. The van der Waals surface area contributed by atoms with Crippen LogP contribution in [-0.2, 0) is 24.7 Å². The van der Waals surface area contributed by atoms with Crippen molar-refractivity contribution in [2.24, 2.45) is 0 Å². The smallest absolute Gasteiger partial charge is 0.265 e. The van der Waals surface area contributed by atoms with Crippen LogP contribution >= 0.6 is 0 Å². The highest BCUT2D eigenvalue weighted by atomic mass is 32.2. The van der Waals surface area contributed by atoms with E-state index in [1.165, 1.54) is 37.3 Å². The number of nitriles is 1. The zero-order valence-electron chi connectivity index (χ0n) is 14.6. The lowest BCUT2D eigenvalue weighted by atomic mass is 10.2. The van der Waals surface area contributed by atoms with Gasteiger partial charge in [-0.05, 0) is 36.4 Å². The first-order valence-electron chi connectivity index (χ1n) is 8.02. The lowest BCUT2D eigenvalue weighted by Crippen LogP contribution is -2.27. The molecule has 1 aliphatic rings. The fraction of sp³-hybridized carbons (Fsp3) is 0.176. The Bertz CT molecular complexity index is 1200. The summed E-state index contributed by atoms with van der Waals surface area (Å²) in [6, 6.07) is 9.76. The second kappa shape index (κ2) is 7.14. The monoisotopic (exact) mass is 421 g/mol. The Balaban J connectivity index is 2.12. The number of hydrogen-bond donors (Lipinski definition) is 2. The number of sulfone groups is 1. The minimum absolute atomic E-state index is 0.0361. The maximum atomic E-state index is 12.9. The molecule has 0 atom stereocenters. The molecular formula is C17H15N3O6S2. The molecule has 1 heterocycles. The molecule has 11 heteroatoms. The molecule has 0 saturated carbocycles. The van der Waals surface area contributed by atoms with E-state index >= 15 is 0 Å². The number of amides is 1. The first-order chi connectivity index (χ1) is 13.2. The maximum absolute atomic E-state index is 12.9. The summed E-state index contributed by atoms with van der Waals surface area (Å²) in [6.07, 6.45) is 0. The lowest BCUT2D eigenvalue weighted by Gasteiger charge is -2.22. The average Bonchev–Trinajstić information content (AvgIpc) is 2.67. The second-order valence-electron chi connectivity index (χ2n) is 5.83. The summed E-state index contributed by atoms with van der Waals surface area (Å²) >= 11 is 0. The lowest BCUT2D eigenvalue weighted by molar-refractivity contribution is -0.118. The van der Waals surface area contributed by atoms with E-state index in [0.717, 1.165) is 6.07 Å². The van der Waals surface area contributed by atoms with E-state index < -0.39 is 37.3 Å². The fourth-order valence-electron chi connectivity index (χ4n) is 2.51. The third kappa shape index (κ3) is 3.78. The van der Waals surface area contributed by atoms with Crippen LogP contribution in [0.3, 0.4) is 0 Å². The van der Waals surface area contributed by atoms with Crippen LogP contribution < -0.4 is 14.8 Å². The molecule has 0 bridgehead atoms. The predicted molar refractivity (Wildman–Crippen MR) is 100 cm³/mol. The maximum Gasteiger partial charge on any atom is 0.265 e. The van der Waals surface area contributed by atoms with Gasteiger partial charge in [0.05, 0.1) is 28.0 Å². The van der Waals surface area contributed by atoms with Crippen molar-refractivity contribution in [3.63, 3.8) is 0 Å². The van der Waals surface area contributed by atoms with Crippen molar-refractivity contribution >= 4 is 37.1 Å². The van der Waals surface area contributed by atoms with Crippen molar-refractivity contribution in [3.8, 4) is 11.8 Å². The molecule has 9 nitrogen and oxygen atoms in total. The van der Waals surface area contributed by atoms with Crippen molar-refractivity contribution in [2.45, 2.75) is 16.7 Å². The SMILES string of the molecule is CCS(=O)(=O)c1cc2c(c(S(=O)(=O)Nc3ccc(C#N)cc3)c1)OCC(=O)N2. The molecule has 0 spiro atoms. The van der Waals surface area contributed by atoms with E-state index in [-0.39, 0.29) is 27.8 Å². The number of benzene rings is 2. The number of nitrogens with one attached hydrogen (secondary N) is 2. The first kappa shape index (κ1) is 19.7. The normalized spacial score (nSPS) is 13.6. The number of nitrogens with zero attached hydrogens (tertiary/aromatic N) is 1. The predicted octanol–water partition coefficient (Wildman–Crippen LogP) is 1.48. The molecule has 0 unspecified atom stereocenters. The Kier molecular flexibility index (Phi) is 5.01. The van der Waals surface area contributed by atoms with E-state index in [1.807, 2.05) is 6.07 Å². The fourth-order valence-corrected chi connectivity index (χ4v) is 4.77. The quantitative estimate of drug-likeness (QED) is 0.744. The average molecular weight is 421 g/mol. The van der Waals surface area contributed by atoms with E-state index in [0.29, 0.717) is 5.56 Å². The topological polar surface area (TPSA) is 142 Å². The summed E-state index contributed by atoms with van der Waals surface area (Å²) in [7, 11) is -8.01. The molecule has 2 aromatic rings. The standard InChI is InChI=1S/C17H15N3O6S2/c1-2-27(22,23)13-7-14-17(26-10-16(21)19-14)15(8-13)28(24,25)20-12-5-3-11(9-18)4-6-12/h3-8,20H,2,10H2,1H3,(H,19,21). The van der Waals surface area contributed by atoms with Crippen LogP contribution in [0, 0.1) is 11.3 Å². The van der Waals surface area contributed by atoms with Crippen molar-refractivity contribution in [2.75, 3.05) is 22.4 Å². The number of sulfonamides is 1. The zero-order valence-corrected chi connectivity index (χ0v) is 16.2. The number of hydrogen-bond acceptors (Lipinski definition) is 7. The molecule has 0 fully saturated rings. The Morgan fingerprint density at radius 1 is 1.18 bits per heavy atom. The van der Waals surface area contributed by atoms with Crippen LogP contribution in [0.4, 0.5) is 11.4 Å². The number of rotatable bonds is 5. The van der Waals surface area contributed by atoms with Crippen LogP contribution in [-0.4, -0.2) is 35.1 Å². The molecule has 2 N–H and O–H groups in total. The van der Waals surface area contributed by atoms with Crippen molar-refractivity contribution in [1.82, 2.24) is 0 Å². The van der Waals surface area contributed by atoms with Gasteiger partial charge < -0.3 is 10.1 Å². The molecular weight excluding hydrogens is 406 g/mol. The molecule has 3 rings (SSSR count). The van der Waals surface area contributed by atoms with E-state index in [4.69, 9.17) is 10.00 Å². The van der Waals surface area contributed by atoms with Crippen molar-refractivity contribution in [1.29, 1.82) is 5.26 Å².